The SMILES string of the molecule is O=C(O)CN(CC(=O)OC1CCCCC1)C1CCN(C(=O)c2cc(C(F)(F)F)cc(C(F)(F)F)c2)C(Cc2ccccc2)C1. The Morgan fingerprint density at radius 2 is 1.48 bits per heavy atom. The van der Waals surface area contributed by atoms with Crippen molar-refractivity contribution in [2.45, 2.75) is 81.9 Å². The number of carbonyl (C=O) groups excluding carboxylic acids is 2. The second-order valence-electron chi connectivity index (χ2n) is 11.4. The maximum Gasteiger partial charge on any atom is 0.416 e. The fourth-order valence-electron chi connectivity index (χ4n) is 6.01. The average molecular weight is 629 g/mol. The van der Waals surface area contributed by atoms with Crippen molar-refractivity contribution in [1.82, 2.24) is 9.80 Å². The quantitative estimate of drug-likeness (QED) is 0.263. The third-order valence-corrected chi connectivity index (χ3v) is 8.14. The second-order valence-corrected chi connectivity index (χ2v) is 11.4. The number of halogens is 6. The molecule has 240 valence electrons. The van der Waals surface area contributed by atoms with Crippen molar-refractivity contribution in [1.29, 1.82) is 0 Å². The fourth-order valence-corrected chi connectivity index (χ4v) is 6.01. The molecule has 1 aliphatic heterocycles. The number of rotatable bonds is 9. The molecule has 0 aromatic heterocycles. The van der Waals surface area contributed by atoms with Gasteiger partial charge in [-0.1, -0.05) is 36.8 Å². The molecule has 1 N–H and O–H groups in total. The third kappa shape index (κ3) is 8.96. The molecular formula is C31H34F6N2O5. The average Bonchev–Trinajstić information content (AvgIpc) is 2.96. The molecule has 2 aromatic carbocycles. The van der Waals surface area contributed by atoms with Gasteiger partial charge >= 0.3 is 24.3 Å². The first kappa shape index (κ1) is 33.3. The van der Waals surface area contributed by atoms with Gasteiger partial charge in [0.1, 0.15) is 6.10 Å². The van der Waals surface area contributed by atoms with Gasteiger partial charge in [0.25, 0.3) is 5.91 Å². The highest BCUT2D eigenvalue weighted by Crippen LogP contribution is 2.37. The van der Waals surface area contributed by atoms with Crippen LogP contribution in [0.15, 0.2) is 48.5 Å². The van der Waals surface area contributed by atoms with Gasteiger partial charge in [0.2, 0.25) is 0 Å². The summed E-state index contributed by atoms with van der Waals surface area (Å²) in [5, 5.41) is 9.58. The van der Waals surface area contributed by atoms with E-state index in [4.69, 9.17) is 4.74 Å². The van der Waals surface area contributed by atoms with Crippen LogP contribution in [-0.2, 0) is 33.1 Å². The predicted molar refractivity (Wildman–Crippen MR) is 147 cm³/mol. The van der Waals surface area contributed by atoms with E-state index in [2.05, 4.69) is 0 Å². The van der Waals surface area contributed by atoms with Crippen LogP contribution in [0.2, 0.25) is 0 Å². The maximum absolute atomic E-state index is 13.6. The van der Waals surface area contributed by atoms with Crippen LogP contribution in [0.25, 0.3) is 0 Å². The van der Waals surface area contributed by atoms with E-state index in [1.165, 1.54) is 9.80 Å². The smallest absolute Gasteiger partial charge is 0.416 e. The van der Waals surface area contributed by atoms with E-state index < -0.39 is 65.5 Å². The van der Waals surface area contributed by atoms with Gasteiger partial charge in [-0.2, -0.15) is 26.3 Å². The molecule has 2 atom stereocenters. The normalized spacial score (nSPS) is 20.0. The number of ether oxygens (including phenoxy) is 1. The van der Waals surface area contributed by atoms with Crippen LogP contribution in [0.1, 0.15) is 72.0 Å². The summed E-state index contributed by atoms with van der Waals surface area (Å²) in [7, 11) is 0. The summed E-state index contributed by atoms with van der Waals surface area (Å²) in [6, 6.07) is 8.40. The lowest BCUT2D eigenvalue weighted by Gasteiger charge is -2.43. The van der Waals surface area contributed by atoms with Crippen molar-refractivity contribution < 1.29 is 50.6 Å². The molecule has 7 nitrogen and oxygen atoms in total. The van der Waals surface area contributed by atoms with Gasteiger partial charge in [0, 0.05) is 24.2 Å². The molecule has 1 saturated carbocycles. The summed E-state index contributed by atoms with van der Waals surface area (Å²) < 4.78 is 86.7. The number of piperidine rings is 1. The molecule has 2 unspecified atom stereocenters. The largest absolute Gasteiger partial charge is 0.480 e. The van der Waals surface area contributed by atoms with Crippen LogP contribution in [0.3, 0.4) is 0 Å². The maximum atomic E-state index is 13.6. The van der Waals surface area contributed by atoms with Crippen LogP contribution in [-0.4, -0.2) is 70.6 Å². The number of carboxylic acid groups (broad SMARTS) is 1. The van der Waals surface area contributed by atoms with Gasteiger partial charge in [0.15, 0.2) is 0 Å². The third-order valence-electron chi connectivity index (χ3n) is 8.14. The summed E-state index contributed by atoms with van der Waals surface area (Å²) in [5.74, 6) is -2.75. The summed E-state index contributed by atoms with van der Waals surface area (Å²) in [4.78, 5) is 40.9. The van der Waals surface area contributed by atoms with E-state index in [1.807, 2.05) is 0 Å². The van der Waals surface area contributed by atoms with Gasteiger partial charge in [-0.3, -0.25) is 19.3 Å². The van der Waals surface area contributed by atoms with Crippen LogP contribution in [0, 0.1) is 0 Å². The van der Waals surface area contributed by atoms with E-state index in [0.29, 0.717) is 12.1 Å². The zero-order valence-electron chi connectivity index (χ0n) is 23.9. The van der Waals surface area contributed by atoms with Crippen molar-refractivity contribution in [3.8, 4) is 0 Å². The first-order chi connectivity index (χ1) is 20.7. The number of benzene rings is 2. The Labute approximate surface area is 250 Å². The summed E-state index contributed by atoms with van der Waals surface area (Å²) in [5.41, 5.74) is -3.16. The topological polar surface area (TPSA) is 87.2 Å². The Bertz CT molecular complexity index is 1280. The lowest BCUT2D eigenvalue weighted by Crippen LogP contribution is -2.54. The monoisotopic (exact) mass is 628 g/mol. The van der Waals surface area contributed by atoms with Crippen LogP contribution in [0.4, 0.5) is 26.3 Å². The second kappa shape index (κ2) is 14.0. The minimum absolute atomic E-state index is 0.0271. The molecule has 1 saturated heterocycles. The van der Waals surface area contributed by atoms with Crippen molar-refractivity contribution in [2.24, 2.45) is 0 Å². The number of carbonyl (C=O) groups is 3. The summed E-state index contributed by atoms with van der Waals surface area (Å²) >= 11 is 0. The zero-order valence-corrected chi connectivity index (χ0v) is 23.9. The van der Waals surface area contributed by atoms with E-state index in [-0.39, 0.29) is 44.5 Å². The van der Waals surface area contributed by atoms with Gasteiger partial charge in [0.05, 0.1) is 24.2 Å². The minimum Gasteiger partial charge on any atom is -0.480 e. The predicted octanol–water partition coefficient (Wildman–Crippen LogP) is 6.20. The number of alkyl halides is 6. The minimum atomic E-state index is -5.11. The number of likely N-dealkylation sites (tertiary alicyclic amines) is 1. The Balaban J connectivity index is 1.60. The lowest BCUT2D eigenvalue weighted by atomic mass is 9.90. The van der Waals surface area contributed by atoms with E-state index in [9.17, 15) is 45.8 Å². The Kier molecular flexibility index (Phi) is 10.6. The zero-order chi connectivity index (χ0) is 32.1. The highest BCUT2D eigenvalue weighted by molar-refractivity contribution is 5.95. The van der Waals surface area contributed by atoms with Gasteiger partial charge in [-0.05, 0) is 68.7 Å². The number of nitrogens with zero attached hydrogens (tertiary/aromatic N) is 2. The number of hydrogen-bond donors (Lipinski definition) is 1. The van der Waals surface area contributed by atoms with E-state index in [1.54, 1.807) is 30.3 Å². The molecule has 1 heterocycles. The van der Waals surface area contributed by atoms with Gasteiger partial charge < -0.3 is 14.7 Å². The highest BCUT2D eigenvalue weighted by atomic mass is 19.4. The van der Waals surface area contributed by atoms with Crippen LogP contribution in [0.5, 0.6) is 0 Å². The molecule has 1 aliphatic carbocycles. The number of esters is 1. The summed E-state index contributed by atoms with van der Waals surface area (Å²) in [6.45, 7) is -0.868. The molecular weight excluding hydrogens is 594 g/mol. The number of carboxylic acids is 1. The number of amides is 1. The van der Waals surface area contributed by atoms with Crippen molar-refractivity contribution >= 4 is 17.8 Å². The van der Waals surface area contributed by atoms with Crippen molar-refractivity contribution in [2.75, 3.05) is 19.6 Å². The standard InChI is InChI=1S/C31H34F6N2O5/c32-30(33,34)22-14-21(15-23(16-22)31(35,36)37)29(43)39-12-11-24(17-25(39)13-20-7-3-1-4-8-20)38(18-27(40)41)19-28(42)44-26-9-5-2-6-10-26/h1,3-4,7-8,14-16,24-26H,2,5-6,9-13,17-19H2,(H,40,41). The molecule has 44 heavy (non-hydrogen) atoms. The molecule has 2 aromatic rings. The fraction of sp³-hybridized carbons (Fsp3) is 0.516. The first-order valence-electron chi connectivity index (χ1n) is 14.5. The Morgan fingerprint density at radius 1 is 0.864 bits per heavy atom. The van der Waals surface area contributed by atoms with Crippen LogP contribution >= 0.6 is 0 Å². The molecule has 1 amide bonds. The highest BCUT2D eigenvalue weighted by Gasteiger charge is 2.40. The molecule has 0 spiro atoms. The summed E-state index contributed by atoms with van der Waals surface area (Å²) in [6.07, 6.45) is -5.59. The van der Waals surface area contributed by atoms with E-state index >= 15 is 0 Å². The van der Waals surface area contributed by atoms with E-state index in [0.717, 1.165) is 37.7 Å². The van der Waals surface area contributed by atoms with Crippen molar-refractivity contribution in [3.05, 3.63) is 70.8 Å². The van der Waals surface area contributed by atoms with Gasteiger partial charge in [-0.25, -0.2) is 0 Å². The molecule has 4 rings (SSSR count). The Hall–Kier alpha value is -3.61. The first-order valence-corrected chi connectivity index (χ1v) is 14.5. The molecule has 2 fully saturated rings. The molecule has 2 aliphatic rings. The molecule has 0 bridgehead atoms. The van der Waals surface area contributed by atoms with Crippen molar-refractivity contribution in [3.63, 3.8) is 0 Å². The number of hydrogen-bond acceptors (Lipinski definition) is 5. The molecule has 0 radical (unpaired) electrons. The van der Waals surface area contributed by atoms with Gasteiger partial charge in [-0.15, -0.1) is 0 Å². The lowest BCUT2D eigenvalue weighted by molar-refractivity contribution is -0.154. The number of aliphatic carboxylic acids is 1. The Morgan fingerprint density at radius 3 is 2.05 bits per heavy atom. The van der Waals surface area contributed by atoms with Crippen LogP contribution < -0.4 is 0 Å². The molecule has 13 heteroatoms.